The van der Waals surface area contributed by atoms with Crippen LogP contribution in [-0.4, -0.2) is 366 Å². The number of ether oxygens (including phenoxy) is 11. The highest BCUT2D eigenvalue weighted by molar-refractivity contribution is 5.77. The summed E-state index contributed by atoms with van der Waals surface area (Å²) in [5.74, 6) is -12.9. The smallest absolute Gasteiger partial charge is 0.364 e. The fourth-order valence-electron chi connectivity index (χ4n) is 10.7. The number of aliphatic carboxylic acids is 2. The monoisotopic (exact) mass is 1250 g/mol. The number of carbonyl (C=O) groups is 4. The van der Waals surface area contributed by atoms with Gasteiger partial charge in [-0.3, -0.25) is 9.59 Å². The number of carboxylic acid groups (broad SMARTS) is 2. The second kappa shape index (κ2) is 29.5. The zero-order chi connectivity index (χ0) is 63.5. The van der Waals surface area contributed by atoms with Crippen molar-refractivity contribution in [2.45, 2.75) is 222 Å². The standard InChI is InChI=1S/C46H77N3O36/c1-11(56)48-22-14(59)4-46(44(73)74,83-36(22)25(63)16(61)6-51)84-37-27(65)18(8-53)77-41(30(37)68)81-35-23(49-12(2)57)40(76-17(7-52)26(35)64)80-33-20(10-55)78-42(79-32-19(9-54)75-39(70)29(67)28(32)66)31(69)38(33)85-45(43(71)72)3-13(58)21(47)34(82-45)24(62)15(60)5-50/h13-42,50-55,58-70H,3-10,47H2,1-2H3,(H,48,56)(H,49,57)(H,71,72)(H,73,74)/t13-,14-,15+,16+,17+,18+,19+,20+,21+,22+,23+,24+,25+,26-,27-,28+,29+,30+,31+,32+,33-,34+,35+,36+,37-,38+,39+,40-,41-,42-,45-,46-/m0/s1. The van der Waals surface area contributed by atoms with Crippen LogP contribution in [-0.2, 0) is 71.3 Å². The summed E-state index contributed by atoms with van der Waals surface area (Å²) < 4.78 is 63.5. The van der Waals surface area contributed by atoms with E-state index in [2.05, 4.69) is 10.6 Å². The Balaban J connectivity index is 1.40. The molecule has 2 amide bonds. The van der Waals surface area contributed by atoms with Gasteiger partial charge in [-0.15, -0.1) is 0 Å². The molecule has 39 heteroatoms. The van der Waals surface area contributed by atoms with Crippen LogP contribution in [0.1, 0.15) is 26.7 Å². The maximum Gasteiger partial charge on any atom is 0.364 e. The first-order chi connectivity index (χ1) is 39.9. The van der Waals surface area contributed by atoms with E-state index in [0.717, 1.165) is 13.8 Å². The molecule has 6 saturated heterocycles. The van der Waals surface area contributed by atoms with Crippen molar-refractivity contribution < 1.29 is 179 Å². The molecule has 6 fully saturated rings. The molecule has 0 aromatic heterocycles. The normalized spacial score (nSPS) is 45.9. The molecule has 0 spiro atoms. The first-order valence-corrected chi connectivity index (χ1v) is 26.5. The molecule has 0 radical (unpaired) electrons. The number of hydrogen-bond acceptors (Lipinski definition) is 35. The third kappa shape index (κ3) is 15.0. The zero-order valence-electron chi connectivity index (χ0n) is 45.1. The van der Waals surface area contributed by atoms with Crippen molar-refractivity contribution in [1.82, 2.24) is 10.6 Å². The number of hydrogen-bond donors (Lipinski definition) is 24. The number of nitrogens with two attached hydrogens (primary N) is 1. The lowest BCUT2D eigenvalue weighted by Gasteiger charge is -2.53. The number of carboxylic acids is 2. The van der Waals surface area contributed by atoms with E-state index >= 15 is 0 Å². The molecule has 6 rings (SSSR count). The molecular weight excluding hydrogens is 1170 g/mol. The summed E-state index contributed by atoms with van der Waals surface area (Å²) in [5.41, 5.74) is 6.05. The Bertz CT molecular complexity index is 2200. The van der Waals surface area contributed by atoms with E-state index in [1.807, 2.05) is 0 Å². The van der Waals surface area contributed by atoms with Gasteiger partial charge in [-0.05, 0) is 0 Å². The molecule has 0 bridgehead atoms. The Hall–Kier alpha value is -3.36. The number of aliphatic hydroxyl groups is 19. The summed E-state index contributed by atoms with van der Waals surface area (Å²) in [6.07, 6.45) is -62.0. The van der Waals surface area contributed by atoms with Crippen LogP contribution in [0.5, 0.6) is 0 Å². The van der Waals surface area contributed by atoms with Gasteiger partial charge in [0.15, 0.2) is 25.2 Å². The van der Waals surface area contributed by atoms with E-state index in [-0.39, 0.29) is 0 Å². The van der Waals surface area contributed by atoms with Gasteiger partial charge in [0.05, 0.1) is 63.9 Å². The second-order valence-corrected chi connectivity index (χ2v) is 21.2. The third-order valence-electron chi connectivity index (χ3n) is 15.3. The summed E-state index contributed by atoms with van der Waals surface area (Å²) in [5, 5.41) is 231. The molecular formula is C46H77N3O36. The summed E-state index contributed by atoms with van der Waals surface area (Å²) in [6, 6.07) is -5.56. The maximum absolute atomic E-state index is 13.4. The van der Waals surface area contributed by atoms with Crippen LogP contribution in [0, 0.1) is 0 Å². The molecule has 6 aliphatic heterocycles. The quantitative estimate of drug-likeness (QED) is 0.0427. The van der Waals surface area contributed by atoms with Gasteiger partial charge >= 0.3 is 11.9 Å². The van der Waals surface area contributed by atoms with Crippen molar-refractivity contribution in [3.63, 3.8) is 0 Å². The van der Waals surface area contributed by atoms with Crippen LogP contribution < -0.4 is 16.4 Å². The van der Waals surface area contributed by atoms with Gasteiger partial charge < -0.3 is 176 Å². The molecule has 32 atom stereocenters. The Morgan fingerprint density at radius 2 is 0.906 bits per heavy atom. The van der Waals surface area contributed by atoms with Gasteiger partial charge in [-0.2, -0.15) is 0 Å². The summed E-state index contributed by atoms with van der Waals surface area (Å²) in [4.78, 5) is 51.8. The summed E-state index contributed by atoms with van der Waals surface area (Å²) >= 11 is 0. The van der Waals surface area contributed by atoms with Crippen molar-refractivity contribution in [1.29, 1.82) is 0 Å². The largest absolute Gasteiger partial charge is 0.477 e. The van der Waals surface area contributed by atoms with Gasteiger partial charge in [-0.25, -0.2) is 9.59 Å². The maximum atomic E-state index is 13.4. The van der Waals surface area contributed by atoms with Crippen LogP contribution in [0.15, 0.2) is 0 Å². The van der Waals surface area contributed by atoms with E-state index in [1.54, 1.807) is 0 Å². The number of amides is 2. The number of nitrogens with one attached hydrogen (secondary N) is 2. The van der Waals surface area contributed by atoms with Crippen LogP contribution in [0.4, 0.5) is 0 Å². The number of carbonyl (C=O) groups excluding carboxylic acids is 2. The Kier molecular flexibility index (Phi) is 24.6. The first kappa shape index (κ1) is 70.7. The molecule has 85 heavy (non-hydrogen) atoms. The number of rotatable bonds is 24. The molecule has 0 aromatic carbocycles. The zero-order valence-corrected chi connectivity index (χ0v) is 45.1. The first-order valence-electron chi connectivity index (χ1n) is 26.5. The van der Waals surface area contributed by atoms with E-state index in [9.17, 15) is 126 Å². The van der Waals surface area contributed by atoms with Crippen LogP contribution in [0.2, 0.25) is 0 Å². The molecule has 0 saturated carbocycles. The predicted molar refractivity (Wildman–Crippen MR) is 259 cm³/mol. The van der Waals surface area contributed by atoms with Crippen molar-refractivity contribution in [2.24, 2.45) is 5.73 Å². The topological polar surface area (TPSA) is 645 Å². The van der Waals surface area contributed by atoms with Gasteiger partial charge in [0.25, 0.3) is 11.6 Å². The Morgan fingerprint density at radius 3 is 1.41 bits per heavy atom. The Morgan fingerprint density at radius 1 is 0.494 bits per heavy atom. The van der Waals surface area contributed by atoms with Gasteiger partial charge in [0, 0.05) is 26.7 Å². The lowest BCUT2D eigenvalue weighted by atomic mass is 9.88. The van der Waals surface area contributed by atoms with E-state index in [1.165, 1.54) is 0 Å². The molecule has 39 nitrogen and oxygen atoms in total. The van der Waals surface area contributed by atoms with Crippen molar-refractivity contribution in [3.8, 4) is 0 Å². The minimum Gasteiger partial charge on any atom is -0.477 e. The van der Waals surface area contributed by atoms with Crippen LogP contribution in [0.25, 0.3) is 0 Å². The van der Waals surface area contributed by atoms with Crippen molar-refractivity contribution >= 4 is 23.8 Å². The van der Waals surface area contributed by atoms with Crippen LogP contribution in [0.3, 0.4) is 0 Å². The SMILES string of the molecule is CC(=O)N[C@H]1[C@H](O[C@@H]2[C@H](O[C@]3(C(=O)O)C[C@H](O)[C@@H](N)[C@H]([C@H](O)[C@H](O)CO)O3)[C@@H](O)[C@H](O[C@H]3[C@H](O)[C@@H](O)[C@H](O)O[C@@H]3CO)O[C@@H]2CO)O[C@H](CO)[C@H](O)[C@@H]1O[C@@H]1O[C@H](CO)[C@H](O)[C@H](O[C@]2(C(=O)O)C[C@H](O)[C@@H](NC(C)=O)[C@H]([C@H](O)[C@H](O)CO)O2)[C@H]1O. The second-order valence-electron chi connectivity index (χ2n) is 21.2. The minimum atomic E-state index is -3.36. The van der Waals surface area contributed by atoms with Gasteiger partial charge in [-0.1, -0.05) is 0 Å². The van der Waals surface area contributed by atoms with Crippen molar-refractivity contribution in [3.05, 3.63) is 0 Å². The Labute approximate surface area is 479 Å². The lowest BCUT2D eigenvalue weighted by molar-refractivity contribution is -0.404. The molecule has 6 heterocycles. The third-order valence-corrected chi connectivity index (χ3v) is 15.3. The van der Waals surface area contributed by atoms with Gasteiger partial charge in [0.2, 0.25) is 11.8 Å². The molecule has 492 valence electrons. The highest BCUT2D eigenvalue weighted by Crippen LogP contribution is 2.42. The average Bonchev–Trinajstić information content (AvgIpc) is 1.50. The predicted octanol–water partition coefficient (Wildman–Crippen LogP) is -15.4. The van der Waals surface area contributed by atoms with E-state index < -0.39 is 271 Å². The van der Waals surface area contributed by atoms with Crippen molar-refractivity contribution in [2.75, 3.05) is 39.6 Å². The molecule has 0 aliphatic carbocycles. The number of aliphatic hydroxyl groups excluding tert-OH is 19. The van der Waals surface area contributed by atoms with Gasteiger partial charge in [0.1, 0.15) is 134 Å². The minimum absolute atomic E-state index is 0.865. The molecule has 25 N–H and O–H groups in total. The highest BCUT2D eigenvalue weighted by Gasteiger charge is 2.63. The van der Waals surface area contributed by atoms with Crippen LogP contribution >= 0.6 is 0 Å². The molecule has 0 aromatic rings. The van der Waals surface area contributed by atoms with E-state index in [0.29, 0.717) is 0 Å². The highest BCUT2D eigenvalue weighted by atomic mass is 16.8. The molecule has 0 unspecified atom stereocenters. The summed E-state index contributed by atoms with van der Waals surface area (Å²) in [7, 11) is 0. The fraction of sp³-hybridized carbons (Fsp3) is 0.913. The van der Waals surface area contributed by atoms with E-state index in [4.69, 9.17) is 57.8 Å². The fourth-order valence-corrected chi connectivity index (χ4v) is 10.7. The lowest BCUT2D eigenvalue weighted by Crippen LogP contribution is -2.72. The average molecular weight is 1250 g/mol. The summed E-state index contributed by atoms with van der Waals surface area (Å²) in [6.45, 7) is -5.33. The molecule has 6 aliphatic rings.